The molecule has 0 radical (unpaired) electrons. The van der Waals surface area contributed by atoms with Crippen LogP contribution in [0.4, 0.5) is 4.79 Å². The fraction of sp³-hybridized carbons (Fsp3) is 0.953. The molecule has 0 aliphatic carbocycles. The molecule has 7 heteroatoms. The molecule has 0 unspecified atom stereocenters. The first kappa shape index (κ1) is 48.7. The number of aliphatic hydroxyl groups excluding tert-OH is 1. The highest BCUT2D eigenvalue weighted by molar-refractivity contribution is 5.69. The number of hydrogen-bond donors (Lipinski definition) is 1. The van der Waals surface area contributed by atoms with Crippen LogP contribution in [0.15, 0.2) is 0 Å². The van der Waals surface area contributed by atoms with Crippen molar-refractivity contribution in [1.82, 2.24) is 4.90 Å². The average molecular weight is 712 g/mol. The molecule has 0 aromatic heterocycles. The van der Waals surface area contributed by atoms with Crippen molar-refractivity contribution in [1.29, 1.82) is 0 Å². The Labute approximate surface area is 310 Å². The van der Waals surface area contributed by atoms with Crippen molar-refractivity contribution in [2.75, 3.05) is 39.5 Å². The van der Waals surface area contributed by atoms with E-state index in [1.165, 1.54) is 103 Å². The van der Waals surface area contributed by atoms with Crippen LogP contribution in [0.25, 0.3) is 0 Å². The highest BCUT2D eigenvalue weighted by atomic mass is 16.7. The van der Waals surface area contributed by atoms with E-state index in [9.17, 15) is 14.7 Å². The summed E-state index contributed by atoms with van der Waals surface area (Å²) in [6.07, 6.45) is 35.2. The van der Waals surface area contributed by atoms with Gasteiger partial charge >= 0.3 is 12.1 Å². The third-order valence-corrected chi connectivity index (χ3v) is 9.89. The number of nitrogens with zero attached hydrogens (tertiary/aromatic N) is 1. The Bertz CT molecular complexity index is 689. The zero-order valence-electron chi connectivity index (χ0n) is 33.7. The summed E-state index contributed by atoms with van der Waals surface area (Å²) < 4.78 is 16.7. The Morgan fingerprint density at radius 2 is 0.880 bits per heavy atom. The number of carbonyl (C=O) groups is 2. The molecule has 0 saturated heterocycles. The monoisotopic (exact) mass is 712 g/mol. The highest BCUT2D eigenvalue weighted by Gasteiger charge is 2.15. The molecule has 0 fully saturated rings. The average Bonchev–Trinajstić information content (AvgIpc) is 3.11. The van der Waals surface area contributed by atoms with Crippen LogP contribution in [-0.4, -0.2) is 67.7 Å². The van der Waals surface area contributed by atoms with Crippen LogP contribution in [0.5, 0.6) is 0 Å². The van der Waals surface area contributed by atoms with Crippen molar-refractivity contribution in [2.45, 2.75) is 226 Å². The van der Waals surface area contributed by atoms with Gasteiger partial charge in [-0.3, -0.25) is 4.79 Å². The number of hydrogen-bond acceptors (Lipinski definition) is 7. The predicted molar refractivity (Wildman–Crippen MR) is 211 cm³/mol. The minimum Gasteiger partial charge on any atom is -0.466 e. The first-order valence-electron chi connectivity index (χ1n) is 21.9. The second kappa shape index (κ2) is 40.4. The lowest BCUT2D eigenvalue weighted by Gasteiger charge is -2.21. The molecular weight excluding hydrogens is 626 g/mol. The van der Waals surface area contributed by atoms with Crippen LogP contribution in [0.3, 0.4) is 0 Å². The van der Waals surface area contributed by atoms with Crippen LogP contribution < -0.4 is 0 Å². The van der Waals surface area contributed by atoms with Crippen molar-refractivity contribution in [2.24, 2.45) is 0 Å². The molecule has 0 bridgehead atoms. The number of esters is 1. The Balaban J connectivity index is 3.94. The molecule has 0 atom stereocenters. The Morgan fingerprint density at radius 1 is 0.480 bits per heavy atom. The van der Waals surface area contributed by atoms with Gasteiger partial charge < -0.3 is 24.2 Å². The lowest BCUT2D eigenvalue weighted by Crippen LogP contribution is -2.29. The van der Waals surface area contributed by atoms with Crippen LogP contribution in [0, 0.1) is 0 Å². The second-order valence-corrected chi connectivity index (χ2v) is 14.8. The van der Waals surface area contributed by atoms with E-state index >= 15 is 0 Å². The first-order chi connectivity index (χ1) is 24.6. The largest absolute Gasteiger partial charge is 0.508 e. The molecule has 0 aliphatic heterocycles. The summed E-state index contributed by atoms with van der Waals surface area (Å²) in [7, 11) is 0. The van der Waals surface area contributed by atoms with E-state index in [4.69, 9.17) is 14.2 Å². The van der Waals surface area contributed by atoms with Crippen molar-refractivity contribution >= 4 is 12.1 Å². The molecule has 50 heavy (non-hydrogen) atoms. The zero-order valence-corrected chi connectivity index (χ0v) is 33.7. The van der Waals surface area contributed by atoms with E-state index in [2.05, 4.69) is 25.7 Å². The number of carbonyl (C=O) groups excluding carboxylic acids is 2. The van der Waals surface area contributed by atoms with Crippen LogP contribution in [-0.2, 0) is 19.0 Å². The number of rotatable bonds is 40. The van der Waals surface area contributed by atoms with Gasteiger partial charge in [0, 0.05) is 13.0 Å². The van der Waals surface area contributed by atoms with Crippen LogP contribution >= 0.6 is 0 Å². The number of aliphatic hydroxyl groups is 1. The summed E-state index contributed by atoms with van der Waals surface area (Å²) in [5, 5.41) is 9.52. The van der Waals surface area contributed by atoms with E-state index in [-0.39, 0.29) is 18.7 Å². The van der Waals surface area contributed by atoms with Crippen molar-refractivity contribution in [3.05, 3.63) is 0 Å². The van der Waals surface area contributed by atoms with Gasteiger partial charge in [-0.2, -0.15) is 0 Å². The molecule has 7 nitrogen and oxygen atoms in total. The van der Waals surface area contributed by atoms with Crippen molar-refractivity contribution in [3.63, 3.8) is 0 Å². The van der Waals surface area contributed by atoms with Crippen molar-refractivity contribution in [3.8, 4) is 0 Å². The summed E-state index contributed by atoms with van der Waals surface area (Å²) in [5.74, 6) is -0.0390. The SMILES string of the molecule is CCCCCCCCCCC(=O)OCCCCCCN(CCO)CCCCCCOC(=O)OC(CCCCCCCC)CCCCCCCC. The maximum absolute atomic E-state index is 12.5. The Morgan fingerprint density at radius 3 is 1.36 bits per heavy atom. The smallest absolute Gasteiger partial charge is 0.466 e. The van der Waals surface area contributed by atoms with Crippen molar-refractivity contribution < 1.29 is 28.9 Å². The summed E-state index contributed by atoms with van der Waals surface area (Å²) in [6.45, 7) is 10.6. The summed E-state index contributed by atoms with van der Waals surface area (Å²) in [4.78, 5) is 26.8. The normalized spacial score (nSPS) is 11.5. The topological polar surface area (TPSA) is 85.3 Å². The van der Waals surface area contributed by atoms with Crippen LogP contribution in [0.1, 0.15) is 220 Å². The van der Waals surface area contributed by atoms with Gasteiger partial charge in [-0.15, -0.1) is 0 Å². The lowest BCUT2D eigenvalue weighted by atomic mass is 10.0. The molecule has 0 heterocycles. The molecule has 0 saturated carbocycles. The van der Waals surface area contributed by atoms with E-state index in [1.807, 2.05) is 0 Å². The van der Waals surface area contributed by atoms with Gasteiger partial charge in [0.1, 0.15) is 6.10 Å². The Hall–Kier alpha value is -1.34. The van der Waals surface area contributed by atoms with Gasteiger partial charge in [-0.1, -0.05) is 156 Å². The van der Waals surface area contributed by atoms with Gasteiger partial charge in [0.25, 0.3) is 0 Å². The van der Waals surface area contributed by atoms with E-state index in [1.54, 1.807) is 0 Å². The molecular formula is C43H85NO6. The maximum atomic E-state index is 12.5. The summed E-state index contributed by atoms with van der Waals surface area (Å²) in [6, 6.07) is 0. The van der Waals surface area contributed by atoms with Gasteiger partial charge in [-0.05, 0) is 70.9 Å². The van der Waals surface area contributed by atoms with E-state index in [0.717, 1.165) is 103 Å². The quantitative estimate of drug-likeness (QED) is 0.0500. The minimum absolute atomic E-state index is 0.00994. The first-order valence-corrected chi connectivity index (χ1v) is 21.9. The summed E-state index contributed by atoms with van der Waals surface area (Å²) in [5.41, 5.74) is 0. The third kappa shape index (κ3) is 36.5. The molecule has 0 aliphatic rings. The summed E-state index contributed by atoms with van der Waals surface area (Å²) >= 11 is 0. The predicted octanol–water partition coefficient (Wildman–Crippen LogP) is 12.5. The highest BCUT2D eigenvalue weighted by Crippen LogP contribution is 2.18. The van der Waals surface area contributed by atoms with E-state index in [0.29, 0.717) is 26.2 Å². The maximum Gasteiger partial charge on any atom is 0.508 e. The zero-order chi connectivity index (χ0) is 36.6. The molecule has 0 aromatic carbocycles. The molecule has 0 rings (SSSR count). The molecule has 1 N–H and O–H groups in total. The second-order valence-electron chi connectivity index (χ2n) is 14.8. The molecule has 0 spiro atoms. The molecule has 298 valence electrons. The lowest BCUT2D eigenvalue weighted by molar-refractivity contribution is -0.143. The van der Waals surface area contributed by atoms with Crippen LogP contribution in [0.2, 0.25) is 0 Å². The molecule has 0 amide bonds. The minimum atomic E-state index is -0.488. The van der Waals surface area contributed by atoms with Gasteiger partial charge in [0.05, 0.1) is 19.8 Å². The van der Waals surface area contributed by atoms with Gasteiger partial charge in [-0.25, -0.2) is 4.79 Å². The fourth-order valence-corrected chi connectivity index (χ4v) is 6.61. The fourth-order valence-electron chi connectivity index (χ4n) is 6.61. The van der Waals surface area contributed by atoms with Gasteiger partial charge in [0.15, 0.2) is 0 Å². The van der Waals surface area contributed by atoms with Gasteiger partial charge in [0.2, 0.25) is 0 Å². The number of unbranched alkanes of at least 4 members (excludes halogenated alkanes) is 23. The third-order valence-electron chi connectivity index (χ3n) is 9.89. The number of ether oxygens (including phenoxy) is 3. The molecule has 0 aromatic rings. The Kier molecular flexibility index (Phi) is 39.3. The van der Waals surface area contributed by atoms with E-state index < -0.39 is 6.16 Å². The standard InChI is InChI=1S/C43H85NO6/c1-4-7-10-13-16-17-20-27-34-42(46)48-39-30-23-21-28-35-44(37-38-45)36-29-22-24-31-40-49-43(47)50-41(32-25-18-14-11-8-5-2)33-26-19-15-12-9-6-3/h41,45H,4-40H2,1-3H3.